The number of nitrogens with one attached hydrogen (secondary N) is 3. The zero-order chi connectivity index (χ0) is 12.0. The quantitative estimate of drug-likeness (QED) is 0.510. The third kappa shape index (κ3) is 4.75. The molecule has 1 fully saturated rings. The third-order valence-corrected chi connectivity index (χ3v) is 4.01. The lowest BCUT2D eigenvalue weighted by molar-refractivity contribution is 0.204. The van der Waals surface area contributed by atoms with Crippen LogP contribution in [0.25, 0.3) is 0 Å². The van der Waals surface area contributed by atoms with Gasteiger partial charge in [0, 0.05) is 19.7 Å². The Bertz CT molecular complexity index is 288. The van der Waals surface area contributed by atoms with E-state index in [9.17, 15) is 8.42 Å². The second-order valence-corrected chi connectivity index (χ2v) is 5.58. The van der Waals surface area contributed by atoms with Crippen LogP contribution < -0.4 is 14.8 Å². The Kier molecular flexibility index (Phi) is 5.63. The maximum Gasteiger partial charge on any atom is 0.277 e. The van der Waals surface area contributed by atoms with Gasteiger partial charge in [0.05, 0.1) is 6.61 Å². The van der Waals surface area contributed by atoms with Gasteiger partial charge < -0.3 is 10.1 Å². The molecule has 0 aromatic heterocycles. The monoisotopic (exact) mass is 251 g/mol. The summed E-state index contributed by atoms with van der Waals surface area (Å²) in [6.07, 6.45) is 1.02. The van der Waals surface area contributed by atoms with Crippen molar-refractivity contribution >= 4 is 10.2 Å². The predicted molar refractivity (Wildman–Crippen MR) is 62.4 cm³/mol. The second-order valence-electron chi connectivity index (χ2n) is 4.05. The molecule has 2 unspecified atom stereocenters. The van der Waals surface area contributed by atoms with Gasteiger partial charge in [0.1, 0.15) is 0 Å². The zero-order valence-corrected chi connectivity index (χ0v) is 10.6. The van der Waals surface area contributed by atoms with Crippen molar-refractivity contribution in [1.29, 1.82) is 0 Å². The fraction of sp³-hybridized carbons (Fsp3) is 1.00. The lowest BCUT2D eigenvalue weighted by Gasteiger charge is -2.19. The fourth-order valence-corrected chi connectivity index (χ4v) is 2.88. The first-order chi connectivity index (χ1) is 7.55. The van der Waals surface area contributed by atoms with Gasteiger partial charge in [0.2, 0.25) is 0 Å². The van der Waals surface area contributed by atoms with E-state index in [1.165, 1.54) is 7.11 Å². The van der Waals surface area contributed by atoms with Gasteiger partial charge in [0.15, 0.2) is 0 Å². The van der Waals surface area contributed by atoms with Crippen LogP contribution in [0.1, 0.15) is 13.3 Å². The van der Waals surface area contributed by atoms with E-state index in [0.29, 0.717) is 19.1 Å². The summed E-state index contributed by atoms with van der Waals surface area (Å²) in [6, 6.07) is -0.0463. The van der Waals surface area contributed by atoms with Gasteiger partial charge in [-0.15, -0.1) is 0 Å². The highest BCUT2D eigenvalue weighted by Crippen LogP contribution is 2.12. The highest BCUT2D eigenvalue weighted by molar-refractivity contribution is 7.87. The summed E-state index contributed by atoms with van der Waals surface area (Å²) < 4.78 is 33.0. The van der Waals surface area contributed by atoms with Crippen LogP contribution in [-0.4, -0.2) is 47.8 Å². The first-order valence-corrected chi connectivity index (χ1v) is 7.00. The van der Waals surface area contributed by atoms with Gasteiger partial charge >= 0.3 is 0 Å². The molecular formula is C9H21N3O3S. The van der Waals surface area contributed by atoms with Crippen molar-refractivity contribution in [3.05, 3.63) is 0 Å². The van der Waals surface area contributed by atoms with E-state index >= 15 is 0 Å². The van der Waals surface area contributed by atoms with Crippen molar-refractivity contribution in [3.63, 3.8) is 0 Å². The van der Waals surface area contributed by atoms with Crippen LogP contribution in [0, 0.1) is 5.92 Å². The van der Waals surface area contributed by atoms with Crippen molar-refractivity contribution in [3.8, 4) is 0 Å². The summed E-state index contributed by atoms with van der Waals surface area (Å²) in [4.78, 5) is 0. The molecule has 1 rings (SSSR count). The van der Waals surface area contributed by atoms with Crippen LogP contribution in [0.15, 0.2) is 0 Å². The van der Waals surface area contributed by atoms with Crippen molar-refractivity contribution in [2.45, 2.75) is 19.4 Å². The normalized spacial score (nSPS) is 23.5. The third-order valence-electron chi connectivity index (χ3n) is 2.74. The molecule has 0 aromatic carbocycles. The van der Waals surface area contributed by atoms with Crippen molar-refractivity contribution in [2.75, 3.05) is 33.4 Å². The van der Waals surface area contributed by atoms with Gasteiger partial charge in [-0.25, -0.2) is 0 Å². The smallest absolute Gasteiger partial charge is 0.277 e. The number of ether oxygens (including phenoxy) is 1. The molecule has 0 aromatic rings. The molecule has 1 saturated heterocycles. The van der Waals surface area contributed by atoms with E-state index in [1.54, 1.807) is 0 Å². The summed E-state index contributed by atoms with van der Waals surface area (Å²) in [7, 11) is -1.86. The maximum atomic E-state index is 11.6. The molecule has 2 atom stereocenters. The topological polar surface area (TPSA) is 79.5 Å². The second kappa shape index (κ2) is 6.51. The molecule has 1 aliphatic heterocycles. The fourth-order valence-electron chi connectivity index (χ4n) is 1.76. The molecular weight excluding hydrogens is 230 g/mol. The molecule has 0 aliphatic carbocycles. The van der Waals surface area contributed by atoms with Gasteiger partial charge in [-0.05, 0) is 32.4 Å². The van der Waals surface area contributed by atoms with Gasteiger partial charge in [0.25, 0.3) is 10.2 Å². The Morgan fingerprint density at radius 1 is 1.56 bits per heavy atom. The van der Waals surface area contributed by atoms with Gasteiger partial charge in [-0.1, -0.05) is 0 Å². The number of rotatable bonds is 7. The Balaban J connectivity index is 2.33. The molecule has 3 N–H and O–H groups in total. The van der Waals surface area contributed by atoms with Crippen LogP contribution in [0.2, 0.25) is 0 Å². The van der Waals surface area contributed by atoms with E-state index in [1.807, 2.05) is 6.92 Å². The van der Waals surface area contributed by atoms with Crippen molar-refractivity contribution in [1.82, 2.24) is 14.8 Å². The van der Waals surface area contributed by atoms with Crippen LogP contribution in [0.3, 0.4) is 0 Å². The van der Waals surface area contributed by atoms with E-state index < -0.39 is 10.2 Å². The summed E-state index contributed by atoms with van der Waals surface area (Å²) in [5.41, 5.74) is 0. The van der Waals surface area contributed by atoms with Gasteiger partial charge in [-0.2, -0.15) is 17.9 Å². The summed E-state index contributed by atoms with van der Waals surface area (Å²) in [5.74, 6) is 0.374. The molecule has 6 nitrogen and oxygen atoms in total. The lowest BCUT2D eigenvalue weighted by atomic mass is 10.0. The highest BCUT2D eigenvalue weighted by Gasteiger charge is 2.24. The summed E-state index contributed by atoms with van der Waals surface area (Å²) in [5, 5.41) is 3.22. The van der Waals surface area contributed by atoms with Crippen LogP contribution >= 0.6 is 0 Å². The molecule has 0 radical (unpaired) electrons. The SMILES string of the molecule is COCCNS(=O)(=O)NC(C)C1CCNC1. The van der Waals surface area contributed by atoms with E-state index in [2.05, 4.69) is 14.8 Å². The van der Waals surface area contributed by atoms with E-state index in [-0.39, 0.29) is 6.04 Å². The number of hydrogen-bond donors (Lipinski definition) is 3. The molecule has 7 heteroatoms. The van der Waals surface area contributed by atoms with Crippen LogP contribution in [0.5, 0.6) is 0 Å². The Morgan fingerprint density at radius 2 is 2.31 bits per heavy atom. The van der Waals surface area contributed by atoms with Gasteiger partial charge in [-0.3, -0.25) is 0 Å². The maximum absolute atomic E-state index is 11.6. The standard InChI is InChI=1S/C9H21N3O3S/c1-8(9-3-4-10-7-9)12-16(13,14)11-5-6-15-2/h8-12H,3-7H2,1-2H3. The van der Waals surface area contributed by atoms with Crippen LogP contribution in [-0.2, 0) is 14.9 Å². The molecule has 1 aliphatic rings. The highest BCUT2D eigenvalue weighted by atomic mass is 32.2. The molecule has 16 heavy (non-hydrogen) atoms. The zero-order valence-electron chi connectivity index (χ0n) is 9.82. The molecule has 1 heterocycles. The van der Waals surface area contributed by atoms with Crippen molar-refractivity contribution in [2.24, 2.45) is 5.92 Å². The Labute approximate surface area is 97.3 Å². The minimum atomic E-state index is -3.40. The summed E-state index contributed by atoms with van der Waals surface area (Å²) in [6.45, 7) is 4.41. The number of hydrogen-bond acceptors (Lipinski definition) is 4. The van der Waals surface area contributed by atoms with Crippen LogP contribution in [0.4, 0.5) is 0 Å². The van der Waals surface area contributed by atoms with E-state index in [0.717, 1.165) is 19.5 Å². The largest absolute Gasteiger partial charge is 0.383 e. The Morgan fingerprint density at radius 3 is 2.88 bits per heavy atom. The molecule has 96 valence electrons. The predicted octanol–water partition coefficient (Wildman–Crippen LogP) is -0.945. The van der Waals surface area contributed by atoms with Crippen molar-refractivity contribution < 1.29 is 13.2 Å². The Hall–Kier alpha value is -0.210. The molecule has 0 saturated carbocycles. The summed E-state index contributed by atoms with van der Waals surface area (Å²) >= 11 is 0. The minimum absolute atomic E-state index is 0.0463. The average molecular weight is 251 g/mol. The molecule has 0 spiro atoms. The first-order valence-electron chi connectivity index (χ1n) is 5.52. The first kappa shape index (κ1) is 13.9. The number of methoxy groups -OCH3 is 1. The minimum Gasteiger partial charge on any atom is -0.383 e. The molecule has 0 bridgehead atoms. The van der Waals surface area contributed by atoms with E-state index in [4.69, 9.17) is 4.74 Å². The molecule has 0 amide bonds. The average Bonchev–Trinajstić information content (AvgIpc) is 2.69. The lowest BCUT2D eigenvalue weighted by Crippen LogP contribution is -2.45.